The summed E-state index contributed by atoms with van der Waals surface area (Å²) in [6.07, 6.45) is 0. The van der Waals surface area contributed by atoms with Crippen molar-refractivity contribution in [3.8, 4) is 0 Å². The lowest BCUT2D eigenvalue weighted by molar-refractivity contribution is -0.387. The van der Waals surface area contributed by atoms with Gasteiger partial charge in [-0.15, -0.1) is 5.10 Å². The number of nitrogens with one attached hydrogen (secondary N) is 2. The van der Waals surface area contributed by atoms with Crippen molar-refractivity contribution in [2.75, 3.05) is 0 Å². The number of hydrogen-bond acceptors (Lipinski definition) is 7. The van der Waals surface area contributed by atoms with E-state index < -0.39 is 49.1 Å². The quantitative estimate of drug-likeness (QED) is 0.385. The number of nitro groups is 1. The van der Waals surface area contributed by atoms with Gasteiger partial charge in [0.05, 0.1) is 4.92 Å². The molecule has 0 aliphatic rings. The molecule has 170 valence electrons. The van der Waals surface area contributed by atoms with Gasteiger partial charge in [-0.05, 0) is 48.7 Å². The van der Waals surface area contributed by atoms with E-state index >= 15 is 0 Å². The Balaban J connectivity index is 2.14. The maximum atomic E-state index is 14.7. The minimum atomic E-state index is -4.57. The van der Waals surface area contributed by atoms with Crippen LogP contribution in [0.2, 0.25) is 5.02 Å². The Morgan fingerprint density at radius 2 is 1.97 bits per heavy atom. The van der Waals surface area contributed by atoms with Crippen molar-refractivity contribution in [1.29, 1.82) is 0 Å². The van der Waals surface area contributed by atoms with E-state index in [1.807, 2.05) is 5.10 Å². The van der Waals surface area contributed by atoms with Crippen molar-refractivity contribution in [3.05, 3.63) is 84.4 Å². The van der Waals surface area contributed by atoms with Crippen LogP contribution in [0.4, 0.5) is 10.1 Å². The summed E-state index contributed by atoms with van der Waals surface area (Å²) in [5.41, 5.74) is 0.746. The predicted octanol–water partition coefficient (Wildman–Crippen LogP) is 3.50. The fourth-order valence-corrected chi connectivity index (χ4v) is 4.95. The van der Waals surface area contributed by atoms with Gasteiger partial charge in [0.25, 0.3) is 5.69 Å². The maximum absolute atomic E-state index is 14.7. The SMILES string of the molecule is Cc1ccc(F)c(C(C)[C@H](NS(=O)(=O)c2ccc(Cl)cc2[N+](=O)[O-])c2n[nH]c(=O)o2)c1C. The number of aromatic nitrogens is 2. The van der Waals surface area contributed by atoms with Gasteiger partial charge in [0.1, 0.15) is 11.9 Å². The van der Waals surface area contributed by atoms with E-state index in [2.05, 4.69) is 9.82 Å². The summed E-state index contributed by atoms with van der Waals surface area (Å²) < 4.78 is 48.2. The van der Waals surface area contributed by atoms with E-state index in [4.69, 9.17) is 16.0 Å². The summed E-state index contributed by atoms with van der Waals surface area (Å²) >= 11 is 5.77. The monoisotopic (exact) mass is 484 g/mol. The first-order chi connectivity index (χ1) is 14.9. The molecule has 1 heterocycles. The van der Waals surface area contributed by atoms with Gasteiger partial charge in [0.15, 0.2) is 4.90 Å². The zero-order chi connectivity index (χ0) is 23.8. The third kappa shape index (κ3) is 4.56. The summed E-state index contributed by atoms with van der Waals surface area (Å²) in [5, 5.41) is 17.1. The van der Waals surface area contributed by atoms with E-state index in [1.54, 1.807) is 19.9 Å². The highest BCUT2D eigenvalue weighted by Gasteiger charge is 2.35. The molecule has 0 bridgehead atoms. The van der Waals surface area contributed by atoms with Crippen LogP contribution in [0.25, 0.3) is 0 Å². The van der Waals surface area contributed by atoms with Crippen LogP contribution in [0.3, 0.4) is 0 Å². The molecule has 1 aromatic heterocycles. The molecule has 10 nitrogen and oxygen atoms in total. The number of benzene rings is 2. The Morgan fingerprint density at radius 1 is 1.28 bits per heavy atom. The summed E-state index contributed by atoms with van der Waals surface area (Å²) in [6.45, 7) is 4.94. The molecule has 32 heavy (non-hydrogen) atoms. The molecular formula is C19H18ClFN4O6S. The molecular weight excluding hydrogens is 467 g/mol. The second-order valence-electron chi connectivity index (χ2n) is 7.11. The topological polar surface area (TPSA) is 148 Å². The van der Waals surface area contributed by atoms with Crippen LogP contribution >= 0.6 is 11.6 Å². The van der Waals surface area contributed by atoms with Crippen molar-refractivity contribution >= 4 is 27.3 Å². The van der Waals surface area contributed by atoms with E-state index in [1.165, 1.54) is 19.1 Å². The first-order valence-corrected chi connectivity index (χ1v) is 11.1. The predicted molar refractivity (Wildman–Crippen MR) is 113 cm³/mol. The lowest BCUT2D eigenvalue weighted by atomic mass is 9.88. The summed E-state index contributed by atoms with van der Waals surface area (Å²) in [4.78, 5) is 21.4. The fourth-order valence-electron chi connectivity index (χ4n) is 3.36. The van der Waals surface area contributed by atoms with Crippen molar-refractivity contribution in [1.82, 2.24) is 14.9 Å². The molecule has 2 aromatic carbocycles. The second kappa shape index (κ2) is 8.81. The van der Waals surface area contributed by atoms with Crippen LogP contribution in [0.5, 0.6) is 0 Å². The molecule has 0 fully saturated rings. The van der Waals surface area contributed by atoms with Gasteiger partial charge in [0.2, 0.25) is 15.9 Å². The lowest BCUT2D eigenvalue weighted by Crippen LogP contribution is -2.33. The highest BCUT2D eigenvalue weighted by Crippen LogP contribution is 2.36. The van der Waals surface area contributed by atoms with Crippen molar-refractivity contribution in [3.63, 3.8) is 0 Å². The molecule has 0 radical (unpaired) electrons. The molecule has 3 aromatic rings. The molecule has 0 aliphatic carbocycles. The third-order valence-electron chi connectivity index (χ3n) is 5.10. The number of rotatable bonds is 7. The molecule has 13 heteroatoms. The van der Waals surface area contributed by atoms with Crippen molar-refractivity contribution < 1.29 is 22.1 Å². The number of nitrogens with zero attached hydrogens (tertiary/aromatic N) is 2. The smallest absolute Gasteiger partial charge is 0.391 e. The Hall–Kier alpha value is -3.09. The average molecular weight is 485 g/mol. The zero-order valence-corrected chi connectivity index (χ0v) is 18.6. The zero-order valence-electron chi connectivity index (χ0n) is 17.0. The van der Waals surface area contributed by atoms with Crippen LogP contribution in [-0.4, -0.2) is 23.5 Å². The van der Waals surface area contributed by atoms with Crippen molar-refractivity contribution in [2.45, 2.75) is 37.6 Å². The first kappa shape index (κ1) is 23.6. The number of aryl methyl sites for hydroxylation is 1. The highest BCUT2D eigenvalue weighted by molar-refractivity contribution is 7.89. The molecule has 2 N–H and O–H groups in total. The number of nitro benzene ring substituents is 1. The Labute approximate surface area is 186 Å². The first-order valence-electron chi connectivity index (χ1n) is 9.19. The molecule has 1 unspecified atom stereocenters. The van der Waals surface area contributed by atoms with Crippen LogP contribution in [-0.2, 0) is 10.0 Å². The Bertz CT molecular complexity index is 1350. The summed E-state index contributed by atoms with van der Waals surface area (Å²) in [7, 11) is -4.57. The number of H-pyrrole nitrogens is 1. The molecule has 3 rings (SSSR count). The molecule has 0 spiro atoms. The number of aromatic amines is 1. The van der Waals surface area contributed by atoms with Gasteiger partial charge >= 0.3 is 5.76 Å². The molecule has 0 aliphatic heterocycles. The normalized spacial score (nSPS) is 13.7. The van der Waals surface area contributed by atoms with Crippen LogP contribution in [0.15, 0.2) is 44.4 Å². The summed E-state index contributed by atoms with van der Waals surface area (Å²) in [5.74, 6) is -2.82. The van der Waals surface area contributed by atoms with E-state index in [0.717, 1.165) is 17.7 Å². The second-order valence-corrected chi connectivity index (χ2v) is 9.23. The van der Waals surface area contributed by atoms with Gasteiger partial charge in [0, 0.05) is 17.0 Å². The summed E-state index contributed by atoms with van der Waals surface area (Å²) in [6, 6.07) is 4.50. The van der Waals surface area contributed by atoms with Crippen LogP contribution < -0.4 is 10.5 Å². The molecule has 0 amide bonds. The van der Waals surface area contributed by atoms with Gasteiger partial charge in [-0.2, -0.15) is 4.72 Å². The minimum absolute atomic E-state index is 0.0312. The largest absolute Gasteiger partial charge is 0.434 e. The van der Waals surface area contributed by atoms with Gasteiger partial charge in [-0.25, -0.2) is 22.7 Å². The standard InChI is InChI=1S/C19H18ClFN4O6S/c1-9-4-6-13(21)16(10(9)2)11(3)17(18-22-23-19(26)31-18)24-32(29,30)15-7-5-12(20)8-14(15)25(27)28/h4-8,11,17,24H,1-3H3,(H,23,26)/t11?,17-/m0/s1. The number of halogens is 2. The number of hydrogen-bond donors (Lipinski definition) is 2. The molecule has 0 saturated heterocycles. The Morgan fingerprint density at radius 3 is 2.56 bits per heavy atom. The maximum Gasteiger partial charge on any atom is 0.434 e. The van der Waals surface area contributed by atoms with E-state index in [9.17, 15) is 27.7 Å². The minimum Gasteiger partial charge on any atom is -0.391 e. The lowest BCUT2D eigenvalue weighted by Gasteiger charge is -2.25. The van der Waals surface area contributed by atoms with Crippen LogP contribution in [0.1, 0.15) is 41.5 Å². The molecule has 2 atom stereocenters. The van der Waals surface area contributed by atoms with Gasteiger partial charge < -0.3 is 4.42 Å². The third-order valence-corrected chi connectivity index (χ3v) is 6.82. The van der Waals surface area contributed by atoms with Crippen LogP contribution in [0, 0.1) is 29.8 Å². The molecule has 0 saturated carbocycles. The number of sulfonamides is 1. The van der Waals surface area contributed by atoms with E-state index in [0.29, 0.717) is 5.56 Å². The van der Waals surface area contributed by atoms with E-state index in [-0.39, 0.29) is 16.5 Å². The van der Waals surface area contributed by atoms with Crippen molar-refractivity contribution in [2.24, 2.45) is 0 Å². The highest BCUT2D eigenvalue weighted by atomic mass is 35.5. The van der Waals surface area contributed by atoms with Gasteiger partial charge in [-0.3, -0.25) is 10.1 Å². The van der Waals surface area contributed by atoms with Gasteiger partial charge in [-0.1, -0.05) is 24.6 Å². The average Bonchev–Trinajstić information content (AvgIpc) is 3.15. The fraction of sp³-hybridized carbons (Fsp3) is 0.263. The Kier molecular flexibility index (Phi) is 6.49.